The smallest absolute Gasteiger partial charge is 0.267 e. The molecule has 1 atom stereocenters. The summed E-state index contributed by atoms with van der Waals surface area (Å²) in [6.07, 6.45) is 1.36. The summed E-state index contributed by atoms with van der Waals surface area (Å²) in [5.41, 5.74) is 7.19. The quantitative estimate of drug-likeness (QED) is 0.645. The second kappa shape index (κ2) is 9.61. The van der Waals surface area contributed by atoms with Crippen molar-refractivity contribution in [1.82, 2.24) is 14.6 Å². The lowest BCUT2D eigenvalue weighted by Crippen LogP contribution is -2.37. The van der Waals surface area contributed by atoms with Crippen LogP contribution in [0.25, 0.3) is 0 Å². The predicted octanol–water partition coefficient (Wildman–Crippen LogP) is 1.60. The predicted molar refractivity (Wildman–Crippen MR) is 110 cm³/mol. The fourth-order valence-corrected chi connectivity index (χ4v) is 5.28. The fourth-order valence-electron chi connectivity index (χ4n) is 2.71. The summed E-state index contributed by atoms with van der Waals surface area (Å²) in [5, 5.41) is 2.73. The second-order valence-corrected chi connectivity index (χ2v) is 9.16. The SMILES string of the molecule is Cl.NC(CNC(=O)c1cc(S(=O)(=O)N2CCSCC2)c[nH]1)c1ccccc1. The molecule has 27 heavy (non-hydrogen) atoms. The van der Waals surface area contributed by atoms with Crippen LogP contribution < -0.4 is 11.1 Å². The number of hydrogen-bond donors (Lipinski definition) is 3. The standard InChI is InChI=1S/C17H22N4O3S2.ClH/c18-15(13-4-2-1-3-5-13)12-20-17(22)16-10-14(11-19-16)26(23,24)21-6-8-25-9-7-21;/h1-5,10-11,15,19H,6-9,12,18H2,(H,20,22);1H. The minimum Gasteiger partial charge on any atom is -0.356 e. The summed E-state index contributed by atoms with van der Waals surface area (Å²) < 4.78 is 26.7. The molecule has 0 aliphatic carbocycles. The third-order valence-corrected chi connectivity index (χ3v) is 7.04. The van der Waals surface area contributed by atoms with Gasteiger partial charge in [0.15, 0.2) is 0 Å². The van der Waals surface area contributed by atoms with Crippen LogP contribution in [0.15, 0.2) is 47.5 Å². The molecule has 1 aliphatic heterocycles. The third kappa shape index (κ3) is 5.26. The fraction of sp³-hybridized carbons (Fsp3) is 0.353. The van der Waals surface area contributed by atoms with E-state index in [0.29, 0.717) is 13.1 Å². The Hall–Kier alpha value is -1.52. The minimum absolute atomic E-state index is 0. The summed E-state index contributed by atoms with van der Waals surface area (Å²) in [7, 11) is -3.56. The van der Waals surface area contributed by atoms with Crippen molar-refractivity contribution in [1.29, 1.82) is 0 Å². The number of aromatic nitrogens is 1. The molecule has 7 nitrogen and oxygen atoms in total. The Morgan fingerprint density at radius 3 is 2.59 bits per heavy atom. The first-order chi connectivity index (χ1) is 12.5. The molecule has 1 amide bonds. The Kier molecular flexibility index (Phi) is 7.75. The molecule has 1 aromatic heterocycles. The minimum atomic E-state index is -3.56. The lowest BCUT2D eigenvalue weighted by atomic mass is 10.1. The topological polar surface area (TPSA) is 108 Å². The van der Waals surface area contributed by atoms with Gasteiger partial charge < -0.3 is 16.0 Å². The van der Waals surface area contributed by atoms with Crippen molar-refractivity contribution in [3.8, 4) is 0 Å². The van der Waals surface area contributed by atoms with Crippen molar-refractivity contribution in [3.05, 3.63) is 53.9 Å². The van der Waals surface area contributed by atoms with Crippen molar-refractivity contribution < 1.29 is 13.2 Å². The summed E-state index contributed by atoms with van der Waals surface area (Å²) in [5.74, 6) is 1.19. The number of nitrogens with zero attached hydrogens (tertiary/aromatic N) is 1. The molecule has 1 aromatic carbocycles. The molecule has 3 rings (SSSR count). The molecule has 0 bridgehead atoms. The third-order valence-electron chi connectivity index (χ3n) is 4.22. The number of carbonyl (C=O) groups is 1. The summed E-state index contributed by atoms with van der Waals surface area (Å²) in [6.45, 7) is 1.24. The van der Waals surface area contributed by atoms with Crippen molar-refractivity contribution in [3.63, 3.8) is 0 Å². The van der Waals surface area contributed by atoms with E-state index in [-0.39, 0.29) is 41.5 Å². The van der Waals surface area contributed by atoms with Crippen LogP contribution >= 0.6 is 24.2 Å². The van der Waals surface area contributed by atoms with E-state index in [1.54, 1.807) is 11.8 Å². The molecule has 0 saturated carbocycles. The van der Waals surface area contributed by atoms with Gasteiger partial charge in [0.2, 0.25) is 10.0 Å². The molecule has 10 heteroatoms. The number of rotatable bonds is 6. The van der Waals surface area contributed by atoms with E-state index in [1.807, 2.05) is 30.3 Å². The first kappa shape index (κ1) is 21.8. The van der Waals surface area contributed by atoms with Crippen molar-refractivity contribution in [2.75, 3.05) is 31.1 Å². The van der Waals surface area contributed by atoms with Crippen LogP contribution in [0.1, 0.15) is 22.1 Å². The van der Waals surface area contributed by atoms with Gasteiger partial charge in [0.05, 0.1) is 0 Å². The first-order valence-corrected chi connectivity index (χ1v) is 10.9. The number of halogens is 1. The molecule has 0 radical (unpaired) electrons. The highest BCUT2D eigenvalue weighted by atomic mass is 35.5. The van der Waals surface area contributed by atoms with Crippen molar-refractivity contribution in [2.24, 2.45) is 5.73 Å². The Labute approximate surface area is 169 Å². The largest absolute Gasteiger partial charge is 0.356 e. The molecule has 148 valence electrons. The second-order valence-electron chi connectivity index (χ2n) is 5.99. The van der Waals surface area contributed by atoms with Crippen LogP contribution in [-0.2, 0) is 10.0 Å². The highest BCUT2D eigenvalue weighted by molar-refractivity contribution is 7.99. The molecule has 1 fully saturated rings. The summed E-state index contributed by atoms with van der Waals surface area (Å²) in [6, 6.07) is 10.5. The van der Waals surface area contributed by atoms with E-state index in [2.05, 4.69) is 10.3 Å². The number of amides is 1. The van der Waals surface area contributed by atoms with Gasteiger partial charge in [-0.2, -0.15) is 16.1 Å². The van der Waals surface area contributed by atoms with E-state index < -0.39 is 10.0 Å². The molecule has 1 saturated heterocycles. The summed E-state index contributed by atoms with van der Waals surface area (Å²) >= 11 is 1.74. The van der Waals surface area contributed by atoms with Crippen LogP contribution in [0.3, 0.4) is 0 Å². The van der Waals surface area contributed by atoms with Gasteiger partial charge in [-0.05, 0) is 11.6 Å². The maximum Gasteiger partial charge on any atom is 0.267 e. The number of benzene rings is 1. The van der Waals surface area contributed by atoms with Crippen LogP contribution in [0, 0.1) is 0 Å². The number of carbonyl (C=O) groups excluding carboxylic acids is 1. The van der Waals surface area contributed by atoms with Gasteiger partial charge >= 0.3 is 0 Å². The highest BCUT2D eigenvalue weighted by Gasteiger charge is 2.27. The van der Waals surface area contributed by atoms with E-state index in [9.17, 15) is 13.2 Å². The Morgan fingerprint density at radius 2 is 1.93 bits per heavy atom. The zero-order chi connectivity index (χ0) is 18.6. The molecule has 0 spiro atoms. The molecule has 4 N–H and O–H groups in total. The number of nitrogens with two attached hydrogens (primary N) is 1. The highest BCUT2D eigenvalue weighted by Crippen LogP contribution is 2.20. The van der Waals surface area contributed by atoms with E-state index in [1.165, 1.54) is 16.6 Å². The van der Waals surface area contributed by atoms with E-state index >= 15 is 0 Å². The summed E-state index contributed by atoms with van der Waals surface area (Å²) in [4.78, 5) is 15.2. The zero-order valence-electron chi connectivity index (χ0n) is 14.6. The monoisotopic (exact) mass is 430 g/mol. The van der Waals surface area contributed by atoms with Gasteiger partial charge in [-0.3, -0.25) is 4.79 Å². The van der Waals surface area contributed by atoms with Crippen molar-refractivity contribution in [2.45, 2.75) is 10.9 Å². The number of sulfonamides is 1. The molecule has 1 aliphatic rings. The number of aromatic amines is 1. The average Bonchev–Trinajstić information content (AvgIpc) is 3.18. The van der Waals surface area contributed by atoms with Crippen LogP contribution in [-0.4, -0.2) is 54.8 Å². The molecule has 2 aromatic rings. The average molecular weight is 431 g/mol. The lowest BCUT2D eigenvalue weighted by Gasteiger charge is -2.24. The van der Waals surface area contributed by atoms with E-state index in [4.69, 9.17) is 5.73 Å². The number of thioether (sulfide) groups is 1. The molecule has 1 unspecified atom stereocenters. The molecule has 2 heterocycles. The molecular weight excluding hydrogens is 408 g/mol. The van der Waals surface area contributed by atoms with Gasteiger partial charge in [-0.1, -0.05) is 30.3 Å². The normalized spacial score (nSPS) is 16.3. The maximum atomic E-state index is 12.6. The van der Waals surface area contributed by atoms with Crippen LogP contribution in [0.5, 0.6) is 0 Å². The number of hydrogen-bond acceptors (Lipinski definition) is 5. The van der Waals surface area contributed by atoms with Gasteiger partial charge in [0.1, 0.15) is 10.6 Å². The van der Waals surface area contributed by atoms with Gasteiger partial charge in [-0.25, -0.2) is 8.42 Å². The maximum absolute atomic E-state index is 12.6. The Balaban J connectivity index is 0.00000261. The number of H-pyrrole nitrogens is 1. The first-order valence-electron chi connectivity index (χ1n) is 8.33. The van der Waals surface area contributed by atoms with Crippen LogP contribution in [0.2, 0.25) is 0 Å². The van der Waals surface area contributed by atoms with Crippen molar-refractivity contribution >= 4 is 40.1 Å². The van der Waals surface area contributed by atoms with Gasteiger partial charge in [0, 0.05) is 43.4 Å². The van der Waals surface area contributed by atoms with Gasteiger partial charge in [0.25, 0.3) is 5.91 Å². The van der Waals surface area contributed by atoms with Gasteiger partial charge in [-0.15, -0.1) is 12.4 Å². The lowest BCUT2D eigenvalue weighted by molar-refractivity contribution is 0.0947. The Bertz CT molecular complexity index is 852. The van der Waals surface area contributed by atoms with E-state index in [0.717, 1.165) is 17.1 Å². The number of nitrogens with one attached hydrogen (secondary N) is 2. The Morgan fingerprint density at radius 1 is 1.26 bits per heavy atom. The van der Waals surface area contributed by atoms with Crippen LogP contribution in [0.4, 0.5) is 0 Å². The molecular formula is C17H23ClN4O3S2. The zero-order valence-corrected chi connectivity index (χ0v) is 17.1.